The zero-order valence-electron chi connectivity index (χ0n) is 14.4. The fourth-order valence-corrected chi connectivity index (χ4v) is 3.03. The molecule has 0 amide bonds. The summed E-state index contributed by atoms with van der Waals surface area (Å²) in [5, 5.41) is 4.05. The molecule has 0 saturated carbocycles. The topological polar surface area (TPSA) is 72.5 Å². The Balaban J connectivity index is 1.44. The van der Waals surface area contributed by atoms with Gasteiger partial charge in [0, 0.05) is 24.7 Å². The van der Waals surface area contributed by atoms with Crippen molar-refractivity contribution in [3.8, 4) is 34.2 Å². The summed E-state index contributed by atoms with van der Waals surface area (Å²) >= 11 is 0. The van der Waals surface area contributed by atoms with Gasteiger partial charge in [-0.3, -0.25) is 0 Å². The summed E-state index contributed by atoms with van der Waals surface area (Å²) in [7, 11) is 0. The lowest BCUT2D eigenvalue weighted by Gasteiger charge is -2.04. The predicted molar refractivity (Wildman–Crippen MR) is 97.4 cm³/mol. The quantitative estimate of drug-likeness (QED) is 0.505. The predicted octanol–water partition coefficient (Wildman–Crippen LogP) is 4.36. The molecule has 0 fully saturated rings. The van der Waals surface area contributed by atoms with Crippen LogP contribution in [-0.2, 0) is 6.54 Å². The Morgan fingerprint density at radius 3 is 2.75 bits per heavy atom. The number of hydrogen-bond acceptors (Lipinski definition) is 4. The van der Waals surface area contributed by atoms with Crippen LogP contribution in [0.5, 0.6) is 0 Å². The normalized spacial score (nSPS) is 11.4. The highest BCUT2D eigenvalue weighted by atomic mass is 19.2. The first-order valence-electron chi connectivity index (χ1n) is 8.54. The Bertz CT molecular complexity index is 1230. The molecule has 1 N–H and O–H groups in total. The lowest BCUT2D eigenvalue weighted by molar-refractivity contribution is 0.378. The van der Waals surface area contributed by atoms with Crippen LogP contribution in [0.15, 0.2) is 65.6 Å². The van der Waals surface area contributed by atoms with Gasteiger partial charge in [-0.1, -0.05) is 11.2 Å². The van der Waals surface area contributed by atoms with Crippen molar-refractivity contribution in [2.75, 3.05) is 0 Å². The number of imidazole rings is 1. The van der Waals surface area contributed by atoms with E-state index in [1.807, 2.05) is 35.2 Å². The van der Waals surface area contributed by atoms with Crippen LogP contribution in [0.3, 0.4) is 0 Å². The molecule has 0 radical (unpaired) electrons. The van der Waals surface area contributed by atoms with E-state index in [1.54, 1.807) is 12.3 Å². The number of aromatic amines is 1. The summed E-state index contributed by atoms with van der Waals surface area (Å²) in [6, 6.07) is 11.4. The van der Waals surface area contributed by atoms with Crippen molar-refractivity contribution < 1.29 is 13.3 Å². The van der Waals surface area contributed by atoms with E-state index in [0.29, 0.717) is 23.7 Å². The zero-order chi connectivity index (χ0) is 19.1. The summed E-state index contributed by atoms with van der Waals surface area (Å²) in [5.41, 5.74) is 2.80. The summed E-state index contributed by atoms with van der Waals surface area (Å²) in [6.07, 6.45) is 5.42. The Kier molecular flexibility index (Phi) is 3.75. The Hall–Kier alpha value is -3.81. The van der Waals surface area contributed by atoms with Crippen LogP contribution in [-0.4, -0.2) is 24.7 Å². The van der Waals surface area contributed by atoms with Crippen LogP contribution < -0.4 is 0 Å². The SMILES string of the molecule is Fc1cccc(-c2nc3ccn(Cc4cc(-c5ccc[nH]5)no4)cc-3n2)c1F. The van der Waals surface area contributed by atoms with Crippen LogP contribution >= 0.6 is 0 Å². The maximum atomic E-state index is 14.0. The molecule has 2 aliphatic rings. The summed E-state index contributed by atoms with van der Waals surface area (Å²) in [6.45, 7) is 0.445. The summed E-state index contributed by atoms with van der Waals surface area (Å²) in [4.78, 5) is 11.7. The number of benzene rings is 1. The first kappa shape index (κ1) is 16.4. The molecule has 0 unspecified atom stereocenters. The van der Waals surface area contributed by atoms with E-state index in [2.05, 4.69) is 20.1 Å². The van der Waals surface area contributed by atoms with E-state index >= 15 is 0 Å². The molecule has 138 valence electrons. The number of pyridine rings is 1. The molecule has 8 heteroatoms. The molecule has 28 heavy (non-hydrogen) atoms. The molecule has 0 atom stereocenters. The number of fused-ring (bicyclic) bond motifs is 1. The molecule has 6 nitrogen and oxygen atoms in total. The third-order valence-corrected chi connectivity index (χ3v) is 4.39. The minimum atomic E-state index is -0.954. The van der Waals surface area contributed by atoms with Gasteiger partial charge in [-0.15, -0.1) is 0 Å². The van der Waals surface area contributed by atoms with E-state index < -0.39 is 11.6 Å². The van der Waals surface area contributed by atoms with Crippen molar-refractivity contribution in [3.05, 3.63) is 78.4 Å². The van der Waals surface area contributed by atoms with Gasteiger partial charge in [0.2, 0.25) is 0 Å². The Morgan fingerprint density at radius 1 is 1.00 bits per heavy atom. The molecule has 1 aromatic carbocycles. The van der Waals surface area contributed by atoms with Crippen molar-refractivity contribution >= 4 is 0 Å². The van der Waals surface area contributed by atoms with Crippen LogP contribution in [0.2, 0.25) is 0 Å². The maximum absolute atomic E-state index is 14.0. The minimum Gasteiger partial charge on any atom is -0.360 e. The zero-order valence-corrected chi connectivity index (χ0v) is 14.4. The Labute approximate surface area is 157 Å². The lowest BCUT2D eigenvalue weighted by Crippen LogP contribution is -1.99. The molecular weight excluding hydrogens is 364 g/mol. The monoisotopic (exact) mass is 377 g/mol. The second-order valence-corrected chi connectivity index (χ2v) is 6.30. The van der Waals surface area contributed by atoms with Crippen LogP contribution in [0, 0.1) is 11.6 Å². The lowest BCUT2D eigenvalue weighted by atomic mass is 10.2. The summed E-state index contributed by atoms with van der Waals surface area (Å²) in [5.74, 6) is -1.06. The van der Waals surface area contributed by atoms with Gasteiger partial charge in [-0.05, 0) is 30.3 Å². The standard InChI is InChI=1S/C20H13F2N5O/c21-14-4-1-3-13(19(14)22)20-24-16-6-8-27(11-18(16)25-20)10-12-9-17(26-28-12)15-5-2-7-23-15/h1-9,11,23H,10H2. The molecule has 4 heterocycles. The molecule has 3 aromatic rings. The first-order chi connectivity index (χ1) is 13.7. The summed E-state index contributed by atoms with van der Waals surface area (Å²) < 4.78 is 34.7. The number of hydrogen-bond donors (Lipinski definition) is 1. The van der Waals surface area contributed by atoms with E-state index in [1.165, 1.54) is 12.1 Å². The van der Waals surface area contributed by atoms with Gasteiger partial charge in [0.1, 0.15) is 11.4 Å². The molecule has 2 aromatic heterocycles. The van der Waals surface area contributed by atoms with Crippen LogP contribution in [0.25, 0.3) is 34.2 Å². The van der Waals surface area contributed by atoms with Crippen molar-refractivity contribution in [1.82, 2.24) is 24.7 Å². The molecule has 0 spiro atoms. The maximum Gasteiger partial charge on any atom is 0.169 e. The third kappa shape index (κ3) is 2.84. The van der Waals surface area contributed by atoms with Gasteiger partial charge in [0.15, 0.2) is 23.2 Å². The fraction of sp³-hybridized carbons (Fsp3) is 0.0500. The van der Waals surface area contributed by atoms with Gasteiger partial charge < -0.3 is 14.1 Å². The molecule has 0 saturated heterocycles. The van der Waals surface area contributed by atoms with Gasteiger partial charge in [0.05, 0.1) is 23.5 Å². The molecule has 0 aliphatic carbocycles. The minimum absolute atomic E-state index is 0.0357. The van der Waals surface area contributed by atoms with E-state index in [4.69, 9.17) is 4.52 Å². The van der Waals surface area contributed by atoms with Crippen molar-refractivity contribution in [3.63, 3.8) is 0 Å². The molecular formula is C20H13F2N5O. The number of nitrogens with zero attached hydrogens (tertiary/aromatic N) is 4. The van der Waals surface area contributed by atoms with E-state index in [-0.39, 0.29) is 11.4 Å². The van der Waals surface area contributed by atoms with Crippen molar-refractivity contribution in [2.45, 2.75) is 6.54 Å². The van der Waals surface area contributed by atoms with E-state index in [0.717, 1.165) is 17.5 Å². The van der Waals surface area contributed by atoms with Crippen LogP contribution in [0.4, 0.5) is 8.78 Å². The van der Waals surface area contributed by atoms with Gasteiger partial charge in [0.25, 0.3) is 0 Å². The van der Waals surface area contributed by atoms with Gasteiger partial charge in [-0.25, -0.2) is 18.7 Å². The first-order valence-corrected chi connectivity index (χ1v) is 8.54. The van der Waals surface area contributed by atoms with E-state index in [9.17, 15) is 8.78 Å². The smallest absolute Gasteiger partial charge is 0.169 e. The fourth-order valence-electron chi connectivity index (χ4n) is 3.03. The van der Waals surface area contributed by atoms with Crippen molar-refractivity contribution in [1.29, 1.82) is 0 Å². The average Bonchev–Trinajstić information content (AvgIpc) is 3.43. The molecule has 0 bridgehead atoms. The molecule has 2 aliphatic heterocycles. The number of rotatable bonds is 4. The highest BCUT2D eigenvalue weighted by molar-refractivity contribution is 5.66. The van der Waals surface area contributed by atoms with Gasteiger partial charge in [-0.2, -0.15) is 0 Å². The number of H-pyrrole nitrogens is 1. The average molecular weight is 377 g/mol. The number of nitrogens with one attached hydrogen (secondary N) is 1. The molecule has 5 rings (SSSR count). The largest absolute Gasteiger partial charge is 0.360 e. The Morgan fingerprint density at radius 2 is 1.89 bits per heavy atom. The highest BCUT2D eigenvalue weighted by Gasteiger charge is 2.18. The third-order valence-electron chi connectivity index (χ3n) is 4.39. The van der Waals surface area contributed by atoms with Gasteiger partial charge >= 0.3 is 0 Å². The number of aromatic nitrogens is 5. The number of halogens is 2. The second kappa shape index (κ2) is 6.41. The van der Waals surface area contributed by atoms with Crippen LogP contribution in [0.1, 0.15) is 5.76 Å². The van der Waals surface area contributed by atoms with Crippen molar-refractivity contribution in [2.24, 2.45) is 0 Å². The highest BCUT2D eigenvalue weighted by Crippen LogP contribution is 2.27. The second-order valence-electron chi connectivity index (χ2n) is 6.30.